The molecule has 1 saturated heterocycles. The molecule has 1 aliphatic carbocycles. The van der Waals surface area contributed by atoms with Crippen molar-refractivity contribution in [1.82, 2.24) is 4.57 Å². The van der Waals surface area contributed by atoms with Crippen molar-refractivity contribution >= 4 is 28.8 Å². The Kier molecular flexibility index (Phi) is 6.52. The fourth-order valence-corrected chi connectivity index (χ4v) is 6.00. The van der Waals surface area contributed by atoms with E-state index in [1.54, 1.807) is 0 Å². The van der Waals surface area contributed by atoms with Gasteiger partial charge in [-0.2, -0.15) is 5.26 Å². The molecule has 5 rings (SSSR count). The summed E-state index contributed by atoms with van der Waals surface area (Å²) < 4.78 is 7.32. The lowest BCUT2D eigenvalue weighted by molar-refractivity contribution is -0.252. The molecule has 8 nitrogen and oxygen atoms in total. The highest BCUT2D eigenvalue weighted by molar-refractivity contribution is 7.71. The molecule has 0 saturated carbocycles. The fraction of sp³-hybridized carbons (Fsp3) is 0.393. The highest BCUT2D eigenvalue weighted by Crippen LogP contribution is 2.44. The molecular weight excluding hydrogens is 492 g/mol. The van der Waals surface area contributed by atoms with E-state index in [2.05, 4.69) is 6.07 Å². The van der Waals surface area contributed by atoms with E-state index < -0.39 is 42.7 Å². The first-order valence-corrected chi connectivity index (χ1v) is 12.5. The zero-order valence-corrected chi connectivity index (χ0v) is 21.3. The van der Waals surface area contributed by atoms with Gasteiger partial charge in [0.25, 0.3) is 0 Å². The predicted octanol–water partition coefficient (Wildman–Crippen LogP) is 3.04. The van der Waals surface area contributed by atoms with Crippen molar-refractivity contribution in [1.29, 1.82) is 5.26 Å². The third-order valence-electron chi connectivity index (χ3n) is 7.37. The maximum atomic E-state index is 13.8. The van der Waals surface area contributed by atoms with Crippen molar-refractivity contribution in [3.8, 4) is 17.2 Å². The number of carbonyl (C=O) groups excluding carboxylic acids is 1. The summed E-state index contributed by atoms with van der Waals surface area (Å²) in [6.45, 7) is 3.29. The molecule has 1 aliphatic heterocycles. The molecule has 0 unspecified atom stereocenters. The Morgan fingerprint density at radius 3 is 2.46 bits per heavy atom. The zero-order chi connectivity index (χ0) is 26.6. The number of hydrogen-bond acceptors (Lipinski definition) is 8. The van der Waals surface area contributed by atoms with Crippen LogP contribution in [0.2, 0.25) is 0 Å². The molecule has 0 radical (unpaired) electrons. The molecule has 192 valence electrons. The fourth-order valence-electron chi connectivity index (χ4n) is 5.63. The second-order valence-electron chi connectivity index (χ2n) is 10.5. The number of pyridine rings is 1. The third-order valence-corrected chi connectivity index (χ3v) is 7.77. The number of carbonyl (C=O) groups is 1. The predicted molar refractivity (Wildman–Crippen MR) is 138 cm³/mol. The summed E-state index contributed by atoms with van der Waals surface area (Å²) >= 11 is 5.81. The number of aromatic nitrogens is 1. The lowest BCUT2D eigenvalue weighted by Gasteiger charge is -2.43. The van der Waals surface area contributed by atoms with Crippen LogP contribution < -0.4 is 0 Å². The average Bonchev–Trinajstić information content (AvgIpc) is 2.86. The summed E-state index contributed by atoms with van der Waals surface area (Å²) in [6, 6.07) is 15.5. The molecule has 2 heterocycles. The Morgan fingerprint density at radius 1 is 1.05 bits per heavy atom. The number of ketones is 1. The lowest BCUT2D eigenvalue weighted by atomic mass is 9.73. The molecular formula is C28H28N2O6S. The van der Waals surface area contributed by atoms with Crippen molar-refractivity contribution in [2.75, 3.05) is 6.61 Å². The van der Waals surface area contributed by atoms with Gasteiger partial charge in [0.1, 0.15) is 35.1 Å². The standard InChI is InChI=1S/C28H28N2O6S/c1-28(2)10-18-22(19(32)11-28)21(16-9-5-7-14-6-3-4-8-15(14)16)17(12-29)27(37)30(18)26-25(35)24(34)23(33)20(13-31)36-26/h3-9,20,23-26,31,33-35H,10-11,13H2,1-2H3/t20-,23+,24+,25-,26-/m1/s1. The smallest absolute Gasteiger partial charge is 0.165 e. The van der Waals surface area contributed by atoms with E-state index in [-0.39, 0.29) is 22.4 Å². The van der Waals surface area contributed by atoms with Gasteiger partial charge in [0, 0.05) is 23.2 Å². The van der Waals surface area contributed by atoms with Crippen LogP contribution in [0.4, 0.5) is 0 Å². The van der Waals surface area contributed by atoms with Crippen LogP contribution in [0.25, 0.3) is 21.9 Å². The van der Waals surface area contributed by atoms with Crippen molar-refractivity contribution in [2.45, 2.75) is 57.3 Å². The van der Waals surface area contributed by atoms with Crippen LogP contribution in [0.3, 0.4) is 0 Å². The number of rotatable bonds is 3. The number of ether oxygens (including phenoxy) is 1. The van der Waals surface area contributed by atoms with Gasteiger partial charge >= 0.3 is 0 Å². The van der Waals surface area contributed by atoms with Crippen molar-refractivity contribution in [3.63, 3.8) is 0 Å². The van der Waals surface area contributed by atoms with Gasteiger partial charge in [0.05, 0.1) is 12.2 Å². The Bertz CT molecular complexity index is 1500. The van der Waals surface area contributed by atoms with E-state index in [1.165, 1.54) is 4.57 Å². The molecule has 2 aromatic carbocycles. The molecule has 0 amide bonds. The maximum absolute atomic E-state index is 13.8. The lowest BCUT2D eigenvalue weighted by Crippen LogP contribution is -2.57. The summed E-state index contributed by atoms with van der Waals surface area (Å²) in [4.78, 5) is 13.8. The van der Waals surface area contributed by atoms with Crippen LogP contribution in [0.15, 0.2) is 42.5 Å². The summed E-state index contributed by atoms with van der Waals surface area (Å²) in [5, 5.41) is 53.6. The number of fused-ring (bicyclic) bond motifs is 2. The molecule has 1 fully saturated rings. The first-order chi connectivity index (χ1) is 17.6. The van der Waals surface area contributed by atoms with Crippen molar-refractivity contribution in [3.05, 3.63) is 63.9 Å². The largest absolute Gasteiger partial charge is 0.394 e. The first kappa shape index (κ1) is 25.7. The Balaban J connectivity index is 1.87. The van der Waals surface area contributed by atoms with Crippen molar-refractivity contribution in [2.24, 2.45) is 5.41 Å². The number of nitriles is 1. The maximum Gasteiger partial charge on any atom is 0.165 e. The molecule has 37 heavy (non-hydrogen) atoms. The normalized spacial score (nSPS) is 27.1. The van der Waals surface area contributed by atoms with E-state index in [9.17, 15) is 30.5 Å². The first-order valence-electron chi connectivity index (χ1n) is 12.1. The molecule has 0 spiro atoms. The van der Waals surface area contributed by atoms with Gasteiger partial charge in [-0.25, -0.2) is 0 Å². The minimum absolute atomic E-state index is 0.0408. The highest BCUT2D eigenvalue weighted by atomic mass is 32.1. The topological polar surface area (TPSA) is 136 Å². The van der Waals surface area contributed by atoms with Gasteiger partial charge in [-0.3, -0.25) is 4.79 Å². The van der Waals surface area contributed by atoms with Gasteiger partial charge in [0.2, 0.25) is 0 Å². The Labute approximate surface area is 219 Å². The van der Waals surface area contributed by atoms with Gasteiger partial charge < -0.3 is 29.7 Å². The Morgan fingerprint density at radius 2 is 1.76 bits per heavy atom. The van der Waals surface area contributed by atoms with E-state index in [4.69, 9.17) is 17.0 Å². The minimum Gasteiger partial charge on any atom is -0.394 e. The zero-order valence-electron chi connectivity index (χ0n) is 20.5. The molecule has 5 atom stereocenters. The van der Waals surface area contributed by atoms with E-state index in [0.717, 1.165) is 10.8 Å². The van der Waals surface area contributed by atoms with Crippen LogP contribution in [0.5, 0.6) is 0 Å². The summed E-state index contributed by atoms with van der Waals surface area (Å²) in [7, 11) is 0. The minimum atomic E-state index is -1.64. The number of hydrogen-bond donors (Lipinski definition) is 4. The molecule has 1 aromatic heterocycles. The number of aliphatic hydroxyl groups excluding tert-OH is 4. The molecule has 4 N–H and O–H groups in total. The number of nitrogens with zero attached hydrogens (tertiary/aromatic N) is 2. The van der Waals surface area contributed by atoms with Crippen molar-refractivity contribution < 1.29 is 30.0 Å². The number of aliphatic hydroxyl groups is 4. The number of benzene rings is 2. The SMILES string of the molecule is CC1(C)CC(=O)c2c(-c3cccc4ccccc34)c(C#N)c(=S)n([C@@H]3O[C@H](CO)[C@H](O)[C@H](O)[C@H]3O)c2C1. The van der Waals surface area contributed by atoms with Crippen LogP contribution >= 0.6 is 12.2 Å². The molecule has 2 aliphatic rings. The van der Waals surface area contributed by atoms with Gasteiger partial charge in [0.15, 0.2) is 12.0 Å². The summed E-state index contributed by atoms with van der Waals surface area (Å²) in [6.07, 6.45) is -6.68. The number of Topliss-reactive ketones (excluding diaryl/α,β-unsaturated/α-hetero) is 1. The van der Waals surface area contributed by atoms with Crippen LogP contribution in [0.1, 0.15) is 48.1 Å². The highest BCUT2D eigenvalue weighted by Gasteiger charge is 2.47. The monoisotopic (exact) mass is 520 g/mol. The third kappa shape index (κ3) is 4.10. The Hall–Kier alpha value is -2.97. The second kappa shape index (κ2) is 9.40. The summed E-state index contributed by atoms with van der Waals surface area (Å²) in [5.74, 6) is -0.168. The summed E-state index contributed by atoms with van der Waals surface area (Å²) in [5.41, 5.74) is 1.59. The van der Waals surface area contributed by atoms with Crippen LogP contribution in [0, 0.1) is 21.4 Å². The van der Waals surface area contributed by atoms with E-state index in [0.29, 0.717) is 28.8 Å². The molecule has 0 bridgehead atoms. The van der Waals surface area contributed by atoms with E-state index in [1.807, 2.05) is 56.3 Å². The van der Waals surface area contributed by atoms with Gasteiger partial charge in [-0.1, -0.05) is 68.5 Å². The molecule has 3 aromatic rings. The van der Waals surface area contributed by atoms with Gasteiger partial charge in [-0.15, -0.1) is 0 Å². The quantitative estimate of drug-likeness (QED) is 0.387. The molecule has 9 heteroatoms. The van der Waals surface area contributed by atoms with Gasteiger partial charge in [-0.05, 0) is 28.2 Å². The average molecular weight is 521 g/mol. The van der Waals surface area contributed by atoms with Crippen LogP contribution in [-0.2, 0) is 11.2 Å². The van der Waals surface area contributed by atoms with E-state index >= 15 is 0 Å². The van der Waals surface area contributed by atoms with Crippen LogP contribution in [-0.4, -0.2) is 61.8 Å². The second-order valence-corrected chi connectivity index (χ2v) is 10.9.